The average molecular weight is 414 g/mol. The van der Waals surface area contributed by atoms with Gasteiger partial charge in [-0.15, -0.1) is 0 Å². The Morgan fingerprint density at radius 2 is 1.79 bits per heavy atom. The van der Waals surface area contributed by atoms with Crippen LogP contribution in [0.3, 0.4) is 0 Å². The molecular formula is C23H24ClNO4. The highest BCUT2D eigenvalue weighted by atomic mass is 35.5. The number of carbonyl (C=O) groups excluding carboxylic acids is 1. The van der Waals surface area contributed by atoms with E-state index in [0.717, 1.165) is 0 Å². The van der Waals surface area contributed by atoms with Crippen molar-refractivity contribution in [2.24, 2.45) is 5.92 Å². The smallest absolute Gasteiger partial charge is 0.314 e. The number of rotatable bonds is 5. The van der Waals surface area contributed by atoms with Crippen LogP contribution in [0.15, 0.2) is 42.5 Å². The topological polar surface area (TPSA) is 79.5 Å². The van der Waals surface area contributed by atoms with Crippen molar-refractivity contribution in [1.29, 1.82) is 0 Å². The molecule has 0 amide bonds. The maximum Gasteiger partial charge on any atom is 0.314 e. The van der Waals surface area contributed by atoms with Crippen LogP contribution in [0.25, 0.3) is 10.9 Å². The molecule has 0 fully saturated rings. The molecule has 0 aliphatic carbocycles. The number of phenols is 1. The highest BCUT2D eigenvalue weighted by Crippen LogP contribution is 2.43. The van der Waals surface area contributed by atoms with Crippen molar-refractivity contribution in [2.45, 2.75) is 39.5 Å². The number of carboxylic acids is 1. The van der Waals surface area contributed by atoms with Gasteiger partial charge in [0.1, 0.15) is 5.75 Å². The molecule has 0 bridgehead atoms. The molecule has 0 saturated carbocycles. The third kappa shape index (κ3) is 3.29. The Hall–Kier alpha value is -2.79. The van der Waals surface area contributed by atoms with Gasteiger partial charge in [-0.2, -0.15) is 0 Å². The second-order valence-electron chi connectivity index (χ2n) is 7.63. The van der Waals surface area contributed by atoms with Crippen LogP contribution in [0.2, 0.25) is 5.02 Å². The van der Waals surface area contributed by atoms with Gasteiger partial charge in [0, 0.05) is 21.7 Å². The van der Waals surface area contributed by atoms with Crippen molar-refractivity contribution >= 4 is 34.4 Å². The van der Waals surface area contributed by atoms with Crippen molar-refractivity contribution in [3.05, 3.63) is 64.3 Å². The summed E-state index contributed by atoms with van der Waals surface area (Å²) in [6.45, 7) is 7.27. The van der Waals surface area contributed by atoms with E-state index in [4.69, 9.17) is 11.6 Å². The number of carboxylic acid groups (broad SMARTS) is 1. The number of hydrogen-bond acceptors (Lipinski definition) is 3. The van der Waals surface area contributed by atoms with Crippen molar-refractivity contribution in [2.75, 3.05) is 0 Å². The van der Waals surface area contributed by atoms with Gasteiger partial charge in [0.05, 0.1) is 10.9 Å². The minimum Gasteiger partial charge on any atom is -0.508 e. The maximum absolute atomic E-state index is 13.3. The van der Waals surface area contributed by atoms with Crippen LogP contribution in [0.1, 0.15) is 48.8 Å². The van der Waals surface area contributed by atoms with E-state index >= 15 is 0 Å². The van der Waals surface area contributed by atoms with Gasteiger partial charge in [-0.25, -0.2) is 0 Å². The number of carbonyl (C=O) groups is 2. The Bertz CT molecular complexity index is 1100. The van der Waals surface area contributed by atoms with E-state index in [0.29, 0.717) is 39.2 Å². The van der Waals surface area contributed by atoms with Crippen LogP contribution in [0.5, 0.6) is 5.75 Å². The molecule has 29 heavy (non-hydrogen) atoms. The lowest BCUT2D eigenvalue weighted by Gasteiger charge is -2.32. The number of fused-ring (bicyclic) bond motifs is 1. The molecule has 152 valence electrons. The fourth-order valence-corrected chi connectivity index (χ4v) is 4.14. The zero-order valence-corrected chi connectivity index (χ0v) is 17.6. The third-order valence-electron chi connectivity index (χ3n) is 6.04. The highest BCUT2D eigenvalue weighted by molar-refractivity contribution is 6.30. The third-order valence-corrected chi connectivity index (χ3v) is 6.30. The Morgan fingerprint density at radius 1 is 1.17 bits per heavy atom. The molecular weight excluding hydrogens is 390 g/mol. The average Bonchev–Trinajstić information content (AvgIpc) is 2.97. The van der Waals surface area contributed by atoms with Crippen molar-refractivity contribution in [3.8, 4) is 5.75 Å². The zero-order valence-electron chi connectivity index (χ0n) is 16.9. The molecule has 6 heteroatoms. The summed E-state index contributed by atoms with van der Waals surface area (Å²) in [5.41, 5.74) is 0.875. The summed E-state index contributed by atoms with van der Waals surface area (Å²) in [4.78, 5) is 25.8. The summed E-state index contributed by atoms with van der Waals surface area (Å²) < 4.78 is 1.52. The summed E-state index contributed by atoms with van der Waals surface area (Å²) in [6.07, 6.45) is 0.652. The summed E-state index contributed by atoms with van der Waals surface area (Å²) in [6, 6.07) is 11.2. The standard InChI is InChI=1S/C23H24ClNO4/c1-5-13(2)23(4,22(28)29)20-14(3)25(19-11-10-17(26)12-18(19)20)21(27)15-6-8-16(24)9-7-15/h6-13,26H,5H2,1-4H3,(H,28,29)/t13-,23+/m0/s1. The second-order valence-corrected chi connectivity index (χ2v) is 8.06. The Morgan fingerprint density at radius 3 is 2.34 bits per heavy atom. The van der Waals surface area contributed by atoms with E-state index in [-0.39, 0.29) is 17.6 Å². The van der Waals surface area contributed by atoms with Crippen LogP contribution in [0.4, 0.5) is 0 Å². The molecule has 0 spiro atoms. The van der Waals surface area contributed by atoms with Crippen LogP contribution < -0.4 is 0 Å². The van der Waals surface area contributed by atoms with Crippen molar-refractivity contribution in [1.82, 2.24) is 4.57 Å². The summed E-state index contributed by atoms with van der Waals surface area (Å²) in [7, 11) is 0. The quantitative estimate of drug-likeness (QED) is 0.588. The van der Waals surface area contributed by atoms with Gasteiger partial charge in [-0.3, -0.25) is 14.2 Å². The fraction of sp³-hybridized carbons (Fsp3) is 0.304. The Balaban J connectivity index is 2.37. The van der Waals surface area contributed by atoms with E-state index in [1.165, 1.54) is 16.7 Å². The fourth-order valence-electron chi connectivity index (χ4n) is 4.02. The van der Waals surface area contributed by atoms with Gasteiger partial charge in [0.2, 0.25) is 0 Å². The predicted molar refractivity (Wildman–Crippen MR) is 114 cm³/mol. The molecule has 2 aromatic carbocycles. The summed E-state index contributed by atoms with van der Waals surface area (Å²) >= 11 is 5.94. The lowest BCUT2D eigenvalue weighted by molar-refractivity contribution is -0.145. The first-order valence-electron chi connectivity index (χ1n) is 9.51. The van der Waals surface area contributed by atoms with Crippen molar-refractivity contribution < 1.29 is 19.8 Å². The van der Waals surface area contributed by atoms with Crippen LogP contribution >= 0.6 is 11.6 Å². The molecule has 2 N–H and O–H groups in total. The van der Waals surface area contributed by atoms with E-state index in [2.05, 4.69) is 0 Å². The number of nitrogens with zero attached hydrogens (tertiary/aromatic N) is 1. The largest absolute Gasteiger partial charge is 0.508 e. The number of aromatic hydroxyl groups is 1. The summed E-state index contributed by atoms with van der Waals surface area (Å²) in [5.74, 6) is -1.41. The molecule has 0 unspecified atom stereocenters. The molecule has 5 nitrogen and oxygen atoms in total. The maximum atomic E-state index is 13.3. The molecule has 1 aromatic heterocycles. The van der Waals surface area contributed by atoms with Crippen molar-refractivity contribution in [3.63, 3.8) is 0 Å². The van der Waals surface area contributed by atoms with Gasteiger partial charge in [-0.05, 0) is 67.8 Å². The number of hydrogen-bond donors (Lipinski definition) is 2. The number of benzene rings is 2. The van der Waals surface area contributed by atoms with E-state index in [1.807, 2.05) is 13.8 Å². The van der Waals surface area contributed by atoms with Crippen LogP contribution in [0, 0.1) is 12.8 Å². The summed E-state index contributed by atoms with van der Waals surface area (Å²) in [5, 5.41) is 21.3. The Labute approximate surface area is 174 Å². The van der Waals surface area contributed by atoms with Gasteiger partial charge in [-0.1, -0.05) is 31.9 Å². The lowest BCUT2D eigenvalue weighted by atomic mass is 9.70. The molecule has 1 heterocycles. The Kier molecular flexibility index (Phi) is 5.46. The normalized spacial score (nSPS) is 14.5. The van der Waals surface area contributed by atoms with Crippen LogP contribution in [-0.2, 0) is 10.2 Å². The number of aliphatic carboxylic acids is 1. The van der Waals surface area contributed by atoms with E-state index in [9.17, 15) is 19.8 Å². The molecule has 2 atom stereocenters. The molecule has 3 rings (SSSR count). The van der Waals surface area contributed by atoms with Crippen LogP contribution in [-0.4, -0.2) is 26.7 Å². The first-order chi connectivity index (χ1) is 13.6. The lowest BCUT2D eigenvalue weighted by Crippen LogP contribution is -2.39. The molecule has 0 aliphatic heterocycles. The minimum absolute atomic E-state index is 0.0201. The predicted octanol–water partition coefficient (Wildman–Crippen LogP) is 5.39. The van der Waals surface area contributed by atoms with E-state index < -0.39 is 11.4 Å². The number of aromatic nitrogens is 1. The molecule has 0 radical (unpaired) electrons. The minimum atomic E-state index is -1.23. The van der Waals surface area contributed by atoms with E-state index in [1.54, 1.807) is 44.2 Å². The van der Waals surface area contributed by atoms with Gasteiger partial charge >= 0.3 is 5.97 Å². The highest BCUT2D eigenvalue weighted by Gasteiger charge is 2.44. The van der Waals surface area contributed by atoms with Gasteiger partial charge < -0.3 is 10.2 Å². The van der Waals surface area contributed by atoms with Gasteiger partial charge in [0.25, 0.3) is 5.91 Å². The monoisotopic (exact) mass is 413 g/mol. The zero-order chi connectivity index (χ0) is 21.5. The second kappa shape index (κ2) is 7.56. The first-order valence-corrected chi connectivity index (χ1v) is 9.88. The van der Waals surface area contributed by atoms with Gasteiger partial charge in [0.15, 0.2) is 0 Å². The number of phenolic OH excluding ortho intramolecular Hbond substituents is 1. The first kappa shape index (κ1) is 20.9. The molecule has 3 aromatic rings. The molecule has 0 aliphatic rings. The SMILES string of the molecule is CC[C@H](C)[C@@](C)(C(=O)O)c1c(C)n(C(=O)c2ccc(Cl)cc2)c2ccc(O)cc12. The molecule has 0 saturated heterocycles. The number of halogens is 1.